The molecule has 8 heteroatoms. The Balaban J connectivity index is 1.23. The summed E-state index contributed by atoms with van der Waals surface area (Å²) < 4.78 is 5.61. The fraction of sp³-hybridized carbons (Fsp3) is 0.200. The van der Waals surface area contributed by atoms with E-state index in [0.29, 0.717) is 30.5 Å². The summed E-state index contributed by atoms with van der Waals surface area (Å²) >= 11 is 1.23. The number of para-hydroxylation sites is 2. The van der Waals surface area contributed by atoms with E-state index in [4.69, 9.17) is 4.42 Å². The number of thioether (sulfide) groups is 1. The third-order valence-electron chi connectivity index (χ3n) is 4.12. The Hall–Kier alpha value is -3.13. The number of hydrogen-bond acceptors (Lipinski definition) is 6. The van der Waals surface area contributed by atoms with Crippen LogP contribution in [-0.4, -0.2) is 31.8 Å². The second-order valence-corrected chi connectivity index (χ2v) is 7.14. The Morgan fingerprint density at radius 1 is 1.04 bits per heavy atom. The molecule has 0 bridgehead atoms. The van der Waals surface area contributed by atoms with E-state index < -0.39 is 0 Å². The molecule has 0 aliphatic rings. The van der Waals surface area contributed by atoms with Crippen molar-refractivity contribution in [3.8, 4) is 0 Å². The van der Waals surface area contributed by atoms with Crippen LogP contribution in [-0.2, 0) is 24.2 Å². The SMILES string of the molecule is O=C(CSc1nnc(CCc2nc3ccccc3[nH]2)o1)NCc1ccccc1. The van der Waals surface area contributed by atoms with Crippen LogP contribution in [0.15, 0.2) is 64.2 Å². The lowest BCUT2D eigenvalue weighted by Crippen LogP contribution is -2.24. The van der Waals surface area contributed by atoms with Crippen LogP contribution >= 0.6 is 11.8 Å². The van der Waals surface area contributed by atoms with Gasteiger partial charge in [0.15, 0.2) is 0 Å². The van der Waals surface area contributed by atoms with Crippen LogP contribution in [0.2, 0.25) is 0 Å². The summed E-state index contributed by atoms with van der Waals surface area (Å²) in [6.45, 7) is 0.507. The molecule has 142 valence electrons. The number of aromatic amines is 1. The van der Waals surface area contributed by atoms with Crippen molar-refractivity contribution in [1.82, 2.24) is 25.5 Å². The summed E-state index contributed by atoms with van der Waals surface area (Å²) in [5.74, 6) is 1.58. The van der Waals surface area contributed by atoms with Gasteiger partial charge in [0.2, 0.25) is 11.8 Å². The number of nitrogens with one attached hydrogen (secondary N) is 2. The van der Waals surface area contributed by atoms with Gasteiger partial charge < -0.3 is 14.7 Å². The molecule has 0 saturated heterocycles. The number of aromatic nitrogens is 4. The molecular weight excluding hydrogens is 374 g/mol. The molecule has 0 aliphatic heterocycles. The van der Waals surface area contributed by atoms with Gasteiger partial charge in [-0.25, -0.2) is 4.98 Å². The van der Waals surface area contributed by atoms with Crippen molar-refractivity contribution in [1.29, 1.82) is 0 Å². The molecule has 0 unspecified atom stereocenters. The molecule has 2 aromatic carbocycles. The number of nitrogens with zero attached hydrogens (tertiary/aromatic N) is 3. The lowest BCUT2D eigenvalue weighted by atomic mass is 10.2. The standard InChI is InChI=1S/C20H19N5O2S/c26-18(21-12-14-6-2-1-3-7-14)13-28-20-25-24-19(27-20)11-10-17-22-15-8-4-5-9-16(15)23-17/h1-9H,10-13H2,(H,21,26)(H,22,23). The molecule has 0 fully saturated rings. The van der Waals surface area contributed by atoms with Crippen LogP contribution in [0.25, 0.3) is 11.0 Å². The van der Waals surface area contributed by atoms with Gasteiger partial charge in [-0.05, 0) is 17.7 Å². The predicted molar refractivity (Wildman–Crippen MR) is 107 cm³/mol. The number of imidazole rings is 1. The predicted octanol–water partition coefficient (Wildman–Crippen LogP) is 3.14. The zero-order chi connectivity index (χ0) is 19.2. The molecule has 4 rings (SSSR count). The molecule has 0 aliphatic carbocycles. The summed E-state index contributed by atoms with van der Waals surface area (Å²) in [6.07, 6.45) is 1.27. The molecule has 2 heterocycles. The van der Waals surface area contributed by atoms with Gasteiger partial charge in [0.25, 0.3) is 5.22 Å². The maximum Gasteiger partial charge on any atom is 0.277 e. The van der Waals surface area contributed by atoms with E-state index in [2.05, 4.69) is 25.5 Å². The van der Waals surface area contributed by atoms with Crippen molar-refractivity contribution in [2.75, 3.05) is 5.75 Å². The summed E-state index contributed by atoms with van der Waals surface area (Å²) in [6, 6.07) is 17.7. The summed E-state index contributed by atoms with van der Waals surface area (Å²) in [5, 5.41) is 11.3. The second-order valence-electron chi connectivity index (χ2n) is 6.21. The van der Waals surface area contributed by atoms with Gasteiger partial charge >= 0.3 is 0 Å². The van der Waals surface area contributed by atoms with Crippen molar-refractivity contribution in [2.24, 2.45) is 0 Å². The summed E-state index contributed by atoms with van der Waals surface area (Å²) in [5.41, 5.74) is 3.02. The zero-order valence-electron chi connectivity index (χ0n) is 15.1. The van der Waals surface area contributed by atoms with Crippen LogP contribution in [0.1, 0.15) is 17.3 Å². The van der Waals surface area contributed by atoms with E-state index >= 15 is 0 Å². The minimum absolute atomic E-state index is 0.0733. The van der Waals surface area contributed by atoms with Gasteiger partial charge in [0.1, 0.15) is 5.82 Å². The maximum atomic E-state index is 12.0. The molecule has 4 aromatic rings. The van der Waals surface area contributed by atoms with E-state index in [1.165, 1.54) is 11.8 Å². The molecule has 0 saturated carbocycles. The minimum Gasteiger partial charge on any atom is -0.416 e. The number of amides is 1. The summed E-state index contributed by atoms with van der Waals surface area (Å²) in [7, 11) is 0. The van der Waals surface area contributed by atoms with Crippen molar-refractivity contribution < 1.29 is 9.21 Å². The van der Waals surface area contributed by atoms with E-state index in [1.54, 1.807) is 0 Å². The normalized spacial score (nSPS) is 11.0. The molecule has 2 aromatic heterocycles. The topological polar surface area (TPSA) is 96.7 Å². The first-order chi connectivity index (χ1) is 13.8. The average Bonchev–Trinajstić information content (AvgIpc) is 3.36. The van der Waals surface area contributed by atoms with E-state index in [1.807, 2.05) is 54.6 Å². The highest BCUT2D eigenvalue weighted by Crippen LogP contribution is 2.17. The van der Waals surface area contributed by atoms with Crippen LogP contribution in [0.4, 0.5) is 0 Å². The molecule has 0 atom stereocenters. The lowest BCUT2D eigenvalue weighted by Gasteiger charge is -2.03. The van der Waals surface area contributed by atoms with E-state index in [0.717, 1.165) is 22.4 Å². The number of aryl methyl sites for hydroxylation is 2. The van der Waals surface area contributed by atoms with Crippen LogP contribution in [0.5, 0.6) is 0 Å². The number of carbonyl (C=O) groups excluding carboxylic acids is 1. The van der Waals surface area contributed by atoms with E-state index in [9.17, 15) is 4.79 Å². The van der Waals surface area contributed by atoms with Crippen molar-refractivity contribution in [3.05, 3.63) is 71.9 Å². The smallest absolute Gasteiger partial charge is 0.277 e. The molecule has 0 spiro atoms. The second kappa shape index (κ2) is 8.71. The van der Waals surface area contributed by atoms with Gasteiger partial charge in [-0.15, -0.1) is 10.2 Å². The Kier molecular flexibility index (Phi) is 5.67. The Morgan fingerprint density at radius 2 is 1.86 bits per heavy atom. The highest BCUT2D eigenvalue weighted by molar-refractivity contribution is 7.99. The van der Waals surface area contributed by atoms with Crippen molar-refractivity contribution in [2.45, 2.75) is 24.6 Å². The Bertz CT molecular complexity index is 1030. The van der Waals surface area contributed by atoms with Crippen LogP contribution < -0.4 is 5.32 Å². The number of benzene rings is 2. The Labute approximate surface area is 166 Å². The molecule has 2 N–H and O–H groups in total. The first-order valence-corrected chi connectivity index (χ1v) is 9.94. The van der Waals surface area contributed by atoms with Gasteiger partial charge in [-0.3, -0.25) is 4.79 Å². The number of fused-ring (bicyclic) bond motifs is 1. The van der Waals surface area contributed by atoms with Gasteiger partial charge in [-0.1, -0.05) is 54.2 Å². The van der Waals surface area contributed by atoms with E-state index in [-0.39, 0.29) is 11.7 Å². The lowest BCUT2D eigenvalue weighted by molar-refractivity contribution is -0.118. The highest BCUT2D eigenvalue weighted by atomic mass is 32.2. The largest absolute Gasteiger partial charge is 0.416 e. The number of H-pyrrole nitrogens is 1. The maximum absolute atomic E-state index is 12.0. The van der Waals surface area contributed by atoms with Crippen molar-refractivity contribution >= 4 is 28.7 Å². The average molecular weight is 393 g/mol. The van der Waals surface area contributed by atoms with Gasteiger partial charge in [0.05, 0.1) is 16.8 Å². The third-order valence-corrected chi connectivity index (χ3v) is 4.94. The molecule has 28 heavy (non-hydrogen) atoms. The zero-order valence-corrected chi connectivity index (χ0v) is 15.9. The fourth-order valence-electron chi connectivity index (χ4n) is 2.72. The molecule has 7 nitrogen and oxygen atoms in total. The minimum atomic E-state index is -0.0733. The number of rotatable bonds is 8. The van der Waals surface area contributed by atoms with Gasteiger partial charge in [0, 0.05) is 19.4 Å². The molecule has 1 amide bonds. The molecule has 0 radical (unpaired) electrons. The quantitative estimate of drug-likeness (QED) is 0.447. The first kappa shape index (κ1) is 18.2. The fourth-order valence-corrected chi connectivity index (χ4v) is 3.33. The third kappa shape index (κ3) is 4.77. The summed E-state index contributed by atoms with van der Waals surface area (Å²) in [4.78, 5) is 19.8. The molecular formula is C20H19N5O2S. The number of carbonyl (C=O) groups is 1. The monoisotopic (exact) mass is 393 g/mol. The van der Waals surface area contributed by atoms with Crippen LogP contribution in [0, 0.1) is 0 Å². The van der Waals surface area contributed by atoms with Crippen LogP contribution in [0.3, 0.4) is 0 Å². The van der Waals surface area contributed by atoms with Crippen molar-refractivity contribution in [3.63, 3.8) is 0 Å². The van der Waals surface area contributed by atoms with Gasteiger partial charge in [-0.2, -0.15) is 0 Å². The first-order valence-electron chi connectivity index (χ1n) is 8.96. The number of hydrogen-bond donors (Lipinski definition) is 2. The highest BCUT2D eigenvalue weighted by Gasteiger charge is 2.11. The Morgan fingerprint density at radius 3 is 2.71 bits per heavy atom.